The van der Waals surface area contributed by atoms with Crippen molar-refractivity contribution in [2.75, 3.05) is 50.0 Å². The van der Waals surface area contributed by atoms with Crippen LogP contribution in [0.4, 0.5) is 24.9 Å². The molecule has 0 atom stereocenters. The Morgan fingerprint density at radius 2 is 1.80 bits per heavy atom. The van der Waals surface area contributed by atoms with Crippen LogP contribution in [-0.2, 0) is 10.9 Å². The number of unbranched alkanes of at least 4 members (excludes halogenated alkanes) is 1. The van der Waals surface area contributed by atoms with Crippen molar-refractivity contribution in [3.8, 4) is 11.5 Å². The lowest BCUT2D eigenvalue weighted by molar-refractivity contribution is -0.137. The van der Waals surface area contributed by atoms with Gasteiger partial charge in [0.05, 0.1) is 24.3 Å². The van der Waals surface area contributed by atoms with Gasteiger partial charge >= 0.3 is 12.2 Å². The van der Waals surface area contributed by atoms with E-state index in [2.05, 4.69) is 25.7 Å². The van der Waals surface area contributed by atoms with Crippen LogP contribution in [0.3, 0.4) is 0 Å². The summed E-state index contributed by atoms with van der Waals surface area (Å²) in [5.41, 5.74) is -0.900. The fourth-order valence-corrected chi connectivity index (χ4v) is 3.72. The molecule has 3 aromatic rings. The molecule has 0 unspecified atom stereocenters. The highest BCUT2D eigenvalue weighted by Gasteiger charge is 2.35. The molecule has 8 nitrogen and oxygen atoms in total. The second-order valence-electron chi connectivity index (χ2n) is 8.08. The predicted molar refractivity (Wildman–Crippen MR) is 124 cm³/mol. The van der Waals surface area contributed by atoms with Gasteiger partial charge in [0, 0.05) is 30.9 Å². The highest BCUT2D eigenvalue weighted by atomic mass is 19.4. The molecule has 0 bridgehead atoms. The quantitative estimate of drug-likeness (QED) is 0.427. The van der Waals surface area contributed by atoms with Gasteiger partial charge < -0.3 is 19.8 Å². The number of alkyl halides is 3. The van der Waals surface area contributed by atoms with Gasteiger partial charge in [-0.15, -0.1) is 5.10 Å². The van der Waals surface area contributed by atoms with Crippen molar-refractivity contribution in [1.82, 2.24) is 15.1 Å². The summed E-state index contributed by atoms with van der Waals surface area (Å²) in [7, 11) is 0. The number of ether oxygens (including phenoxy) is 1. The number of carbonyl (C=O) groups excluding carboxylic acids is 1. The number of nitrogens with one attached hydrogen (secondary N) is 2. The molecular formula is C24H26F3N5O3. The first-order valence-corrected chi connectivity index (χ1v) is 11.4. The number of anilines is 2. The van der Waals surface area contributed by atoms with Crippen molar-refractivity contribution in [3.63, 3.8) is 0 Å². The first kappa shape index (κ1) is 24.7. The second-order valence-corrected chi connectivity index (χ2v) is 8.08. The molecule has 1 saturated heterocycles. The number of morpholine rings is 1. The topological polar surface area (TPSA) is 92.5 Å². The Morgan fingerprint density at radius 3 is 2.54 bits per heavy atom. The van der Waals surface area contributed by atoms with E-state index in [1.807, 2.05) is 0 Å². The molecule has 11 heteroatoms. The van der Waals surface area contributed by atoms with Crippen molar-refractivity contribution in [1.29, 1.82) is 0 Å². The molecule has 4 rings (SSSR count). The number of halogens is 3. The second kappa shape index (κ2) is 11.3. The molecule has 2 aromatic carbocycles. The third kappa shape index (κ3) is 6.80. The SMILES string of the molecule is O=C(Nc1ccc(-c2nnc(NCCCCN3CCOCC3)o2)c(C(F)(F)F)c1)c1ccccc1. The van der Waals surface area contributed by atoms with Crippen LogP contribution in [0.5, 0.6) is 0 Å². The highest BCUT2D eigenvalue weighted by Crippen LogP contribution is 2.38. The van der Waals surface area contributed by atoms with Gasteiger partial charge in [-0.1, -0.05) is 23.3 Å². The Balaban J connectivity index is 1.38. The Kier molecular flexibility index (Phi) is 7.98. The minimum absolute atomic E-state index is 0.00746. The molecule has 2 N–H and O–H groups in total. The summed E-state index contributed by atoms with van der Waals surface area (Å²) in [4.78, 5) is 14.7. The fraction of sp³-hybridized carbons (Fsp3) is 0.375. The summed E-state index contributed by atoms with van der Waals surface area (Å²) < 4.78 is 52.1. The first-order chi connectivity index (χ1) is 16.9. The van der Waals surface area contributed by atoms with E-state index in [0.29, 0.717) is 12.1 Å². The van der Waals surface area contributed by atoms with Gasteiger partial charge in [-0.2, -0.15) is 13.2 Å². The van der Waals surface area contributed by atoms with E-state index in [1.165, 1.54) is 12.1 Å². The summed E-state index contributed by atoms with van der Waals surface area (Å²) >= 11 is 0. The molecule has 0 aliphatic carbocycles. The molecule has 0 radical (unpaired) electrons. The minimum atomic E-state index is -4.69. The largest absolute Gasteiger partial charge is 0.417 e. The normalized spacial score (nSPS) is 14.6. The Hall–Kier alpha value is -3.44. The van der Waals surface area contributed by atoms with Gasteiger partial charge in [0.1, 0.15) is 0 Å². The number of benzene rings is 2. The maximum absolute atomic E-state index is 13.8. The van der Waals surface area contributed by atoms with E-state index >= 15 is 0 Å². The van der Waals surface area contributed by atoms with E-state index in [-0.39, 0.29) is 23.2 Å². The van der Waals surface area contributed by atoms with Crippen molar-refractivity contribution < 1.29 is 27.1 Å². The molecule has 186 valence electrons. The van der Waals surface area contributed by atoms with E-state index in [4.69, 9.17) is 9.15 Å². The third-order valence-electron chi connectivity index (χ3n) is 5.56. The number of hydrogen-bond donors (Lipinski definition) is 2. The molecule has 1 aliphatic heterocycles. The summed E-state index contributed by atoms with van der Waals surface area (Å²) in [5, 5.41) is 13.1. The lowest BCUT2D eigenvalue weighted by atomic mass is 10.1. The van der Waals surface area contributed by atoms with Gasteiger partial charge in [-0.05, 0) is 49.7 Å². The van der Waals surface area contributed by atoms with Crippen LogP contribution < -0.4 is 10.6 Å². The van der Waals surface area contributed by atoms with Crippen LogP contribution >= 0.6 is 0 Å². The zero-order chi connectivity index (χ0) is 24.7. The lowest BCUT2D eigenvalue weighted by Crippen LogP contribution is -2.36. The average Bonchev–Trinajstić information content (AvgIpc) is 3.33. The first-order valence-electron chi connectivity index (χ1n) is 11.4. The zero-order valence-corrected chi connectivity index (χ0v) is 19.0. The Morgan fingerprint density at radius 1 is 1.03 bits per heavy atom. The fourth-order valence-electron chi connectivity index (χ4n) is 3.72. The molecule has 0 spiro atoms. The number of aromatic nitrogens is 2. The minimum Gasteiger partial charge on any atom is -0.403 e. The van der Waals surface area contributed by atoms with Crippen LogP contribution in [0, 0.1) is 0 Å². The van der Waals surface area contributed by atoms with Crippen LogP contribution in [0.25, 0.3) is 11.5 Å². The van der Waals surface area contributed by atoms with Crippen molar-refractivity contribution in [2.24, 2.45) is 0 Å². The number of hydrogen-bond acceptors (Lipinski definition) is 7. The zero-order valence-electron chi connectivity index (χ0n) is 19.0. The van der Waals surface area contributed by atoms with Gasteiger partial charge in [0.25, 0.3) is 5.91 Å². The van der Waals surface area contributed by atoms with Crippen LogP contribution in [-0.4, -0.2) is 60.4 Å². The summed E-state index contributed by atoms with van der Waals surface area (Å²) in [6.45, 7) is 4.88. The van der Waals surface area contributed by atoms with E-state index in [9.17, 15) is 18.0 Å². The third-order valence-corrected chi connectivity index (χ3v) is 5.56. The Labute approximate surface area is 200 Å². The highest BCUT2D eigenvalue weighted by molar-refractivity contribution is 6.04. The number of nitrogens with zero attached hydrogens (tertiary/aromatic N) is 3. The maximum Gasteiger partial charge on any atom is 0.417 e. The molecule has 1 aromatic heterocycles. The molecule has 2 heterocycles. The lowest BCUT2D eigenvalue weighted by Gasteiger charge is -2.26. The summed E-state index contributed by atoms with van der Waals surface area (Å²) in [5.74, 6) is -0.765. The molecule has 1 fully saturated rings. The van der Waals surface area contributed by atoms with Crippen molar-refractivity contribution in [3.05, 3.63) is 59.7 Å². The van der Waals surface area contributed by atoms with Crippen molar-refractivity contribution in [2.45, 2.75) is 19.0 Å². The Bertz CT molecular complexity index is 1120. The van der Waals surface area contributed by atoms with Gasteiger partial charge in [0.2, 0.25) is 5.89 Å². The summed E-state index contributed by atoms with van der Waals surface area (Å²) in [6.07, 6.45) is -2.88. The number of amides is 1. The molecular weight excluding hydrogens is 463 g/mol. The number of rotatable bonds is 9. The molecule has 1 amide bonds. The molecule has 1 aliphatic rings. The van der Waals surface area contributed by atoms with Crippen molar-refractivity contribution >= 4 is 17.6 Å². The van der Waals surface area contributed by atoms with Gasteiger partial charge in [-0.3, -0.25) is 9.69 Å². The van der Waals surface area contributed by atoms with E-state index in [1.54, 1.807) is 30.3 Å². The monoisotopic (exact) mass is 489 g/mol. The number of carbonyl (C=O) groups is 1. The smallest absolute Gasteiger partial charge is 0.403 e. The van der Waals surface area contributed by atoms with Gasteiger partial charge in [0.15, 0.2) is 0 Å². The molecule has 0 saturated carbocycles. The van der Waals surface area contributed by atoms with Crippen LogP contribution in [0.15, 0.2) is 52.9 Å². The maximum atomic E-state index is 13.8. The summed E-state index contributed by atoms with van der Waals surface area (Å²) in [6, 6.07) is 11.7. The predicted octanol–water partition coefficient (Wildman–Crippen LogP) is 4.53. The van der Waals surface area contributed by atoms with Crippen LogP contribution in [0.1, 0.15) is 28.8 Å². The van der Waals surface area contributed by atoms with Gasteiger partial charge in [-0.25, -0.2) is 0 Å². The average molecular weight is 489 g/mol. The van der Waals surface area contributed by atoms with E-state index < -0.39 is 17.6 Å². The van der Waals surface area contributed by atoms with E-state index in [0.717, 1.165) is 51.8 Å². The molecule has 35 heavy (non-hydrogen) atoms. The van der Waals surface area contributed by atoms with Crippen LogP contribution in [0.2, 0.25) is 0 Å². The standard InChI is InChI=1S/C24H26F3N5O3/c25-24(26,27)20-16-18(29-21(33)17-6-2-1-3-7-17)8-9-19(20)22-30-31-23(35-22)28-10-4-5-11-32-12-14-34-15-13-32/h1-3,6-9,16H,4-5,10-15H2,(H,28,31)(H,29,33).